The maximum absolute atomic E-state index is 6.14. The minimum absolute atomic E-state index is 0.572. The number of hydrogen-bond acceptors (Lipinski definition) is 3. The van der Waals surface area contributed by atoms with Gasteiger partial charge in [-0.15, -0.1) is 0 Å². The molecule has 0 heterocycles. The van der Waals surface area contributed by atoms with Crippen molar-refractivity contribution in [3.05, 3.63) is 0 Å². The Kier molecular flexibility index (Phi) is 7.33. The SMILES string of the molecule is CCN(C(C)CN(C)C)C(CN)C1CCCC(C)C1. The molecule has 4 unspecified atom stereocenters. The van der Waals surface area contributed by atoms with Gasteiger partial charge in [-0.2, -0.15) is 0 Å². The lowest BCUT2D eigenvalue weighted by Gasteiger charge is -2.42. The van der Waals surface area contributed by atoms with E-state index in [9.17, 15) is 0 Å². The fourth-order valence-corrected chi connectivity index (χ4v) is 3.94. The molecule has 0 aromatic heterocycles. The molecule has 0 amide bonds. The first-order chi connectivity index (χ1) is 8.99. The molecular weight excluding hydrogens is 234 g/mol. The first kappa shape index (κ1) is 16.9. The summed E-state index contributed by atoms with van der Waals surface area (Å²) in [5.74, 6) is 1.69. The van der Waals surface area contributed by atoms with E-state index in [0.29, 0.717) is 12.1 Å². The Labute approximate surface area is 120 Å². The Bertz CT molecular complexity index is 242. The summed E-state index contributed by atoms with van der Waals surface area (Å²) in [6.45, 7) is 10.1. The van der Waals surface area contributed by atoms with Crippen LogP contribution >= 0.6 is 0 Å². The van der Waals surface area contributed by atoms with Crippen LogP contribution in [0.5, 0.6) is 0 Å². The normalized spacial score (nSPS) is 27.8. The topological polar surface area (TPSA) is 32.5 Å². The number of likely N-dealkylation sites (N-methyl/N-ethyl adjacent to an activating group) is 2. The van der Waals surface area contributed by atoms with Gasteiger partial charge >= 0.3 is 0 Å². The second-order valence-corrected chi connectivity index (χ2v) is 6.78. The lowest BCUT2D eigenvalue weighted by molar-refractivity contribution is 0.0695. The molecule has 1 aliphatic carbocycles. The van der Waals surface area contributed by atoms with Gasteiger partial charge in [0.25, 0.3) is 0 Å². The van der Waals surface area contributed by atoms with Crippen molar-refractivity contribution in [1.82, 2.24) is 9.80 Å². The van der Waals surface area contributed by atoms with E-state index >= 15 is 0 Å². The Hall–Kier alpha value is -0.120. The highest BCUT2D eigenvalue weighted by Gasteiger charge is 2.31. The minimum Gasteiger partial charge on any atom is -0.329 e. The number of nitrogens with zero attached hydrogens (tertiary/aromatic N) is 2. The second kappa shape index (κ2) is 8.23. The van der Waals surface area contributed by atoms with E-state index in [4.69, 9.17) is 5.73 Å². The molecule has 0 aromatic carbocycles. The predicted molar refractivity (Wildman–Crippen MR) is 84.4 cm³/mol. The third-order valence-corrected chi connectivity index (χ3v) is 4.75. The first-order valence-electron chi connectivity index (χ1n) is 8.10. The molecule has 19 heavy (non-hydrogen) atoms. The largest absolute Gasteiger partial charge is 0.329 e. The molecule has 1 rings (SSSR count). The zero-order valence-electron chi connectivity index (χ0n) is 13.7. The van der Waals surface area contributed by atoms with Crippen LogP contribution in [0.4, 0.5) is 0 Å². The van der Waals surface area contributed by atoms with Crippen LogP contribution in [0.3, 0.4) is 0 Å². The van der Waals surface area contributed by atoms with Crippen molar-refractivity contribution in [3.8, 4) is 0 Å². The molecule has 0 bridgehead atoms. The van der Waals surface area contributed by atoms with Gasteiger partial charge in [-0.3, -0.25) is 4.90 Å². The molecule has 0 radical (unpaired) electrons. The molecule has 4 atom stereocenters. The Morgan fingerprint density at radius 1 is 1.26 bits per heavy atom. The van der Waals surface area contributed by atoms with Crippen molar-refractivity contribution < 1.29 is 0 Å². The molecule has 2 N–H and O–H groups in total. The van der Waals surface area contributed by atoms with Crippen LogP contribution in [-0.2, 0) is 0 Å². The van der Waals surface area contributed by atoms with Crippen LogP contribution in [0.25, 0.3) is 0 Å². The van der Waals surface area contributed by atoms with Crippen molar-refractivity contribution in [2.24, 2.45) is 17.6 Å². The van der Waals surface area contributed by atoms with Gasteiger partial charge in [-0.25, -0.2) is 0 Å². The van der Waals surface area contributed by atoms with Crippen molar-refractivity contribution in [3.63, 3.8) is 0 Å². The van der Waals surface area contributed by atoms with E-state index in [1.807, 2.05) is 0 Å². The van der Waals surface area contributed by atoms with E-state index < -0.39 is 0 Å². The Morgan fingerprint density at radius 2 is 1.95 bits per heavy atom. The van der Waals surface area contributed by atoms with Gasteiger partial charge in [0.15, 0.2) is 0 Å². The molecule has 3 heteroatoms. The molecule has 0 aromatic rings. The molecule has 3 nitrogen and oxygen atoms in total. The highest BCUT2D eigenvalue weighted by molar-refractivity contribution is 4.86. The zero-order valence-corrected chi connectivity index (χ0v) is 13.7. The summed E-state index contributed by atoms with van der Waals surface area (Å²) < 4.78 is 0. The maximum Gasteiger partial charge on any atom is 0.0249 e. The average Bonchev–Trinajstić information content (AvgIpc) is 2.34. The van der Waals surface area contributed by atoms with Crippen LogP contribution < -0.4 is 5.73 Å². The van der Waals surface area contributed by atoms with Gasteiger partial charge < -0.3 is 10.6 Å². The monoisotopic (exact) mass is 269 g/mol. The number of hydrogen-bond donors (Lipinski definition) is 1. The summed E-state index contributed by atoms with van der Waals surface area (Å²) in [4.78, 5) is 4.92. The minimum atomic E-state index is 0.572. The van der Waals surface area contributed by atoms with Gasteiger partial charge in [-0.05, 0) is 52.2 Å². The summed E-state index contributed by atoms with van der Waals surface area (Å²) in [7, 11) is 4.31. The third-order valence-electron chi connectivity index (χ3n) is 4.75. The van der Waals surface area contributed by atoms with E-state index in [1.165, 1.54) is 25.7 Å². The molecule has 1 saturated carbocycles. The van der Waals surface area contributed by atoms with Crippen LogP contribution in [0.1, 0.15) is 46.5 Å². The molecule has 0 aliphatic heterocycles. The molecule has 1 aliphatic rings. The third kappa shape index (κ3) is 5.05. The van der Waals surface area contributed by atoms with Crippen molar-refractivity contribution in [2.75, 3.05) is 33.7 Å². The number of rotatable bonds is 7. The summed E-state index contributed by atoms with van der Waals surface area (Å²) in [5.41, 5.74) is 6.14. The lowest BCUT2D eigenvalue weighted by Crippen LogP contribution is -2.52. The second-order valence-electron chi connectivity index (χ2n) is 6.78. The van der Waals surface area contributed by atoms with E-state index in [-0.39, 0.29) is 0 Å². The lowest BCUT2D eigenvalue weighted by atomic mass is 9.78. The van der Waals surface area contributed by atoms with Crippen molar-refractivity contribution >= 4 is 0 Å². The van der Waals surface area contributed by atoms with E-state index in [1.54, 1.807) is 0 Å². The number of nitrogens with two attached hydrogens (primary N) is 1. The average molecular weight is 269 g/mol. The maximum atomic E-state index is 6.14. The fraction of sp³-hybridized carbons (Fsp3) is 1.00. The van der Waals surface area contributed by atoms with Gasteiger partial charge in [0, 0.05) is 25.2 Å². The van der Waals surface area contributed by atoms with Gasteiger partial charge in [0.2, 0.25) is 0 Å². The summed E-state index contributed by atoms with van der Waals surface area (Å²) in [6, 6.07) is 1.16. The van der Waals surface area contributed by atoms with Crippen LogP contribution in [0, 0.1) is 11.8 Å². The van der Waals surface area contributed by atoms with Gasteiger partial charge in [-0.1, -0.05) is 26.7 Å². The Balaban J connectivity index is 2.68. The van der Waals surface area contributed by atoms with Gasteiger partial charge in [0.05, 0.1) is 0 Å². The summed E-state index contributed by atoms with van der Waals surface area (Å²) >= 11 is 0. The highest BCUT2D eigenvalue weighted by Crippen LogP contribution is 2.33. The molecule has 1 fully saturated rings. The van der Waals surface area contributed by atoms with Crippen LogP contribution in [-0.4, -0.2) is 55.6 Å². The van der Waals surface area contributed by atoms with Crippen LogP contribution in [0.15, 0.2) is 0 Å². The molecule has 0 spiro atoms. The predicted octanol–water partition coefficient (Wildman–Crippen LogP) is 2.41. The highest BCUT2D eigenvalue weighted by atomic mass is 15.2. The quantitative estimate of drug-likeness (QED) is 0.770. The standard InChI is InChI=1S/C16H35N3/c1-6-19(14(3)12-18(4)5)16(11-17)15-9-7-8-13(2)10-15/h13-16H,6-12,17H2,1-5H3. The molecular formula is C16H35N3. The van der Waals surface area contributed by atoms with E-state index in [2.05, 4.69) is 44.7 Å². The summed E-state index contributed by atoms with van der Waals surface area (Å²) in [5, 5.41) is 0. The zero-order chi connectivity index (χ0) is 14.4. The van der Waals surface area contributed by atoms with Crippen molar-refractivity contribution in [1.29, 1.82) is 0 Å². The van der Waals surface area contributed by atoms with Gasteiger partial charge in [0.1, 0.15) is 0 Å². The van der Waals surface area contributed by atoms with Crippen LogP contribution in [0.2, 0.25) is 0 Å². The van der Waals surface area contributed by atoms with E-state index in [0.717, 1.165) is 31.5 Å². The molecule has 114 valence electrons. The summed E-state index contributed by atoms with van der Waals surface area (Å²) in [6.07, 6.45) is 5.54. The molecule has 0 saturated heterocycles. The Morgan fingerprint density at radius 3 is 2.42 bits per heavy atom. The fourth-order valence-electron chi connectivity index (χ4n) is 3.94. The van der Waals surface area contributed by atoms with Crippen molar-refractivity contribution in [2.45, 2.75) is 58.5 Å². The smallest absolute Gasteiger partial charge is 0.0249 e. The first-order valence-corrected chi connectivity index (χ1v) is 8.10.